The molecule has 0 heterocycles. The number of unbranched alkanes of at least 4 members (excludes halogenated alkanes) is 1. The van der Waals surface area contributed by atoms with E-state index < -0.39 is 0 Å². The van der Waals surface area contributed by atoms with Crippen molar-refractivity contribution in [3.05, 3.63) is 0 Å². The van der Waals surface area contributed by atoms with Gasteiger partial charge in [0.05, 0.1) is 6.04 Å². The molecule has 0 saturated heterocycles. The van der Waals surface area contributed by atoms with Crippen LogP contribution in [0, 0.1) is 5.92 Å². The van der Waals surface area contributed by atoms with Gasteiger partial charge in [-0.05, 0) is 25.3 Å². The van der Waals surface area contributed by atoms with E-state index in [1.54, 1.807) is 0 Å². The van der Waals surface area contributed by atoms with Crippen molar-refractivity contribution in [2.75, 3.05) is 13.1 Å². The summed E-state index contributed by atoms with van der Waals surface area (Å²) in [5, 5.41) is 6.21. The van der Waals surface area contributed by atoms with Crippen LogP contribution in [0.15, 0.2) is 0 Å². The lowest BCUT2D eigenvalue weighted by atomic mass is 10.1. The molecule has 0 bridgehead atoms. The van der Waals surface area contributed by atoms with Gasteiger partial charge in [-0.25, -0.2) is 0 Å². The molecule has 1 unspecified atom stereocenters. The van der Waals surface area contributed by atoms with Crippen LogP contribution in [0.2, 0.25) is 0 Å². The van der Waals surface area contributed by atoms with Crippen molar-refractivity contribution < 1.29 is 4.79 Å². The Balaban J connectivity index is 3.50. The van der Waals surface area contributed by atoms with E-state index in [-0.39, 0.29) is 11.9 Å². The van der Waals surface area contributed by atoms with Gasteiger partial charge in [-0.15, -0.1) is 0 Å². The normalized spacial score (nSPS) is 13.1. The molecule has 1 amide bonds. The van der Waals surface area contributed by atoms with Crippen LogP contribution in [-0.4, -0.2) is 31.1 Å². The molecule has 0 radical (unpaired) electrons. The summed E-state index contributed by atoms with van der Waals surface area (Å²) in [5.74, 6) is 0.455. The third-order valence-corrected chi connectivity index (χ3v) is 2.52. The number of nitrogens with one attached hydrogen (secondary N) is 2. The summed E-state index contributed by atoms with van der Waals surface area (Å²) in [6.45, 7) is 10.1. The summed E-state index contributed by atoms with van der Waals surface area (Å²) in [5.41, 5.74) is 5.81. The highest BCUT2D eigenvalue weighted by molar-refractivity contribution is 5.81. The van der Waals surface area contributed by atoms with E-state index in [2.05, 4.69) is 38.3 Å². The largest absolute Gasteiger partial charge is 0.354 e. The first-order valence-corrected chi connectivity index (χ1v) is 6.70. The molecule has 0 aromatic rings. The number of hydrogen-bond donors (Lipinski definition) is 3. The topological polar surface area (TPSA) is 67.2 Å². The van der Waals surface area contributed by atoms with E-state index in [1.807, 2.05) is 0 Å². The minimum absolute atomic E-state index is 0.0180. The van der Waals surface area contributed by atoms with Gasteiger partial charge >= 0.3 is 0 Å². The predicted octanol–water partition coefficient (Wildman–Crippen LogP) is 1.25. The van der Waals surface area contributed by atoms with Gasteiger partial charge in [0.15, 0.2) is 0 Å². The van der Waals surface area contributed by atoms with E-state index in [9.17, 15) is 4.79 Å². The second-order valence-corrected chi connectivity index (χ2v) is 5.35. The average Bonchev–Trinajstić information content (AvgIpc) is 2.24. The molecule has 0 fully saturated rings. The van der Waals surface area contributed by atoms with Gasteiger partial charge in [0.25, 0.3) is 0 Å². The van der Waals surface area contributed by atoms with Crippen LogP contribution >= 0.6 is 0 Å². The van der Waals surface area contributed by atoms with E-state index in [4.69, 9.17) is 5.73 Å². The number of nitrogens with two attached hydrogens (primary N) is 1. The molecular formula is C13H29N3O. The summed E-state index contributed by atoms with van der Waals surface area (Å²) < 4.78 is 0. The van der Waals surface area contributed by atoms with Gasteiger partial charge in [0, 0.05) is 12.6 Å². The molecule has 4 nitrogen and oxygen atoms in total. The lowest BCUT2D eigenvalue weighted by Crippen LogP contribution is -2.41. The molecule has 0 aliphatic heterocycles. The van der Waals surface area contributed by atoms with Gasteiger partial charge in [-0.2, -0.15) is 0 Å². The fourth-order valence-electron chi connectivity index (χ4n) is 1.45. The van der Waals surface area contributed by atoms with Crippen LogP contribution in [0.5, 0.6) is 0 Å². The maximum Gasteiger partial charge on any atom is 0.236 e. The number of amides is 1. The van der Waals surface area contributed by atoms with Gasteiger partial charge in [-0.1, -0.05) is 34.1 Å². The number of carbonyl (C=O) groups is 1. The van der Waals surface area contributed by atoms with E-state index in [0.29, 0.717) is 18.5 Å². The smallest absolute Gasteiger partial charge is 0.236 e. The molecule has 0 spiro atoms. The fraction of sp³-hybridized carbons (Fsp3) is 0.923. The van der Waals surface area contributed by atoms with Gasteiger partial charge in [0.2, 0.25) is 5.91 Å². The lowest BCUT2D eigenvalue weighted by molar-refractivity contribution is -0.122. The van der Waals surface area contributed by atoms with Crippen LogP contribution < -0.4 is 16.4 Å². The molecule has 17 heavy (non-hydrogen) atoms. The maximum atomic E-state index is 11.6. The standard InChI is InChI=1S/C13H29N3O/c1-10(2)9-16-13(17)12(14)7-5-6-8-15-11(3)4/h10-12,15H,5-9,14H2,1-4H3,(H,16,17). The zero-order chi connectivity index (χ0) is 13.3. The summed E-state index contributed by atoms with van der Waals surface area (Å²) in [4.78, 5) is 11.6. The Bertz CT molecular complexity index is 205. The highest BCUT2D eigenvalue weighted by Crippen LogP contribution is 1.99. The van der Waals surface area contributed by atoms with E-state index in [0.717, 1.165) is 25.8 Å². The van der Waals surface area contributed by atoms with Crippen LogP contribution in [-0.2, 0) is 4.79 Å². The van der Waals surface area contributed by atoms with Crippen molar-refractivity contribution in [1.82, 2.24) is 10.6 Å². The number of carbonyl (C=O) groups excluding carboxylic acids is 1. The Morgan fingerprint density at radius 1 is 1.18 bits per heavy atom. The Labute approximate surface area is 106 Å². The Morgan fingerprint density at radius 2 is 1.82 bits per heavy atom. The van der Waals surface area contributed by atoms with Gasteiger partial charge in [-0.3, -0.25) is 4.79 Å². The first-order valence-electron chi connectivity index (χ1n) is 6.70. The molecule has 0 rings (SSSR count). The van der Waals surface area contributed by atoms with Gasteiger partial charge in [0.1, 0.15) is 0 Å². The molecule has 0 aliphatic rings. The van der Waals surface area contributed by atoms with Crippen molar-refractivity contribution >= 4 is 5.91 Å². The Kier molecular flexibility index (Phi) is 9.09. The monoisotopic (exact) mass is 243 g/mol. The Hall–Kier alpha value is -0.610. The van der Waals surface area contributed by atoms with Crippen molar-refractivity contribution in [1.29, 1.82) is 0 Å². The molecular weight excluding hydrogens is 214 g/mol. The SMILES string of the molecule is CC(C)CNC(=O)C(N)CCCCNC(C)C. The van der Waals surface area contributed by atoms with Crippen molar-refractivity contribution in [2.45, 2.75) is 59.0 Å². The summed E-state index contributed by atoms with van der Waals surface area (Å²) in [7, 11) is 0. The minimum atomic E-state index is -0.354. The van der Waals surface area contributed by atoms with Crippen LogP contribution in [0.1, 0.15) is 47.0 Å². The lowest BCUT2D eigenvalue weighted by Gasteiger charge is -2.14. The Morgan fingerprint density at radius 3 is 2.35 bits per heavy atom. The maximum absolute atomic E-state index is 11.6. The summed E-state index contributed by atoms with van der Waals surface area (Å²) in [6.07, 6.45) is 2.84. The second-order valence-electron chi connectivity index (χ2n) is 5.35. The van der Waals surface area contributed by atoms with Crippen LogP contribution in [0.25, 0.3) is 0 Å². The molecule has 1 atom stereocenters. The predicted molar refractivity (Wildman–Crippen MR) is 72.8 cm³/mol. The molecule has 4 N–H and O–H groups in total. The van der Waals surface area contributed by atoms with Crippen molar-refractivity contribution in [2.24, 2.45) is 11.7 Å². The van der Waals surface area contributed by atoms with E-state index in [1.165, 1.54) is 0 Å². The second kappa shape index (κ2) is 9.42. The first kappa shape index (κ1) is 16.4. The average molecular weight is 243 g/mol. The fourth-order valence-corrected chi connectivity index (χ4v) is 1.45. The first-order chi connectivity index (χ1) is 7.93. The third-order valence-electron chi connectivity index (χ3n) is 2.52. The van der Waals surface area contributed by atoms with Gasteiger partial charge < -0.3 is 16.4 Å². The highest BCUT2D eigenvalue weighted by Gasteiger charge is 2.12. The van der Waals surface area contributed by atoms with E-state index >= 15 is 0 Å². The zero-order valence-electron chi connectivity index (χ0n) is 11.8. The van der Waals surface area contributed by atoms with Crippen molar-refractivity contribution in [3.63, 3.8) is 0 Å². The molecule has 0 aromatic heterocycles. The molecule has 102 valence electrons. The molecule has 4 heteroatoms. The molecule has 0 saturated carbocycles. The quantitative estimate of drug-likeness (QED) is 0.534. The summed E-state index contributed by atoms with van der Waals surface area (Å²) >= 11 is 0. The van der Waals surface area contributed by atoms with Crippen LogP contribution in [0.3, 0.4) is 0 Å². The summed E-state index contributed by atoms with van der Waals surface area (Å²) in [6, 6.07) is 0.172. The van der Waals surface area contributed by atoms with Crippen molar-refractivity contribution in [3.8, 4) is 0 Å². The molecule has 0 aromatic carbocycles. The number of rotatable bonds is 9. The minimum Gasteiger partial charge on any atom is -0.354 e. The third kappa shape index (κ3) is 10.3. The highest BCUT2D eigenvalue weighted by atomic mass is 16.2. The number of hydrogen-bond acceptors (Lipinski definition) is 3. The zero-order valence-corrected chi connectivity index (χ0v) is 11.8. The molecule has 0 aliphatic carbocycles. The van der Waals surface area contributed by atoms with Crippen LogP contribution in [0.4, 0.5) is 0 Å².